The number of primary amides is 1. The fraction of sp³-hybridized carbons (Fsp3) is 0.385. The number of anilines is 1. The lowest BCUT2D eigenvalue weighted by molar-refractivity contribution is -0.118. The van der Waals surface area contributed by atoms with Crippen molar-refractivity contribution in [3.05, 3.63) is 29.3 Å². The SMILES string of the molecule is CCOP(=O)(OCC)[C@@H](NC(=O)Nc1cccc(Cl)c1)C(N)=O. The topological polar surface area (TPSA) is 120 Å². The number of hydrogen-bond donors (Lipinski definition) is 3. The molecule has 0 aliphatic rings. The molecule has 10 heteroatoms. The average molecular weight is 364 g/mol. The summed E-state index contributed by atoms with van der Waals surface area (Å²) in [6.45, 7) is 3.21. The van der Waals surface area contributed by atoms with Gasteiger partial charge < -0.3 is 25.4 Å². The number of rotatable bonds is 8. The fourth-order valence-corrected chi connectivity index (χ4v) is 3.58. The molecule has 1 aromatic carbocycles. The minimum atomic E-state index is -3.93. The molecule has 0 aliphatic carbocycles. The van der Waals surface area contributed by atoms with Gasteiger partial charge in [0.1, 0.15) is 0 Å². The van der Waals surface area contributed by atoms with Gasteiger partial charge in [0.15, 0.2) is 0 Å². The summed E-state index contributed by atoms with van der Waals surface area (Å²) in [5.74, 6) is -2.64. The van der Waals surface area contributed by atoms with Crippen LogP contribution in [0.25, 0.3) is 0 Å². The molecule has 0 heterocycles. The van der Waals surface area contributed by atoms with E-state index in [0.717, 1.165) is 0 Å². The Bertz CT molecular complexity index is 603. The van der Waals surface area contributed by atoms with E-state index in [-0.39, 0.29) is 13.2 Å². The van der Waals surface area contributed by atoms with E-state index < -0.39 is 25.3 Å². The Morgan fingerprint density at radius 2 is 1.91 bits per heavy atom. The quantitative estimate of drug-likeness (QED) is 0.613. The number of benzene rings is 1. The first-order chi connectivity index (χ1) is 10.8. The third kappa shape index (κ3) is 5.84. The van der Waals surface area contributed by atoms with Crippen LogP contribution in [0.5, 0.6) is 0 Å². The highest BCUT2D eigenvalue weighted by Gasteiger charge is 2.41. The molecule has 0 fully saturated rings. The molecule has 4 N–H and O–H groups in total. The van der Waals surface area contributed by atoms with Gasteiger partial charge in [-0.15, -0.1) is 0 Å². The molecule has 0 radical (unpaired) electrons. The monoisotopic (exact) mass is 363 g/mol. The van der Waals surface area contributed by atoms with E-state index in [2.05, 4.69) is 10.6 Å². The Morgan fingerprint density at radius 1 is 1.30 bits per heavy atom. The van der Waals surface area contributed by atoms with Crippen molar-refractivity contribution in [2.75, 3.05) is 18.5 Å². The predicted octanol–water partition coefficient (Wildman–Crippen LogP) is 2.54. The molecule has 0 saturated carbocycles. The zero-order chi connectivity index (χ0) is 17.5. The van der Waals surface area contributed by atoms with Gasteiger partial charge in [-0.1, -0.05) is 17.7 Å². The van der Waals surface area contributed by atoms with Crippen molar-refractivity contribution in [3.63, 3.8) is 0 Å². The summed E-state index contributed by atoms with van der Waals surface area (Å²) in [6, 6.07) is 5.57. The van der Waals surface area contributed by atoms with Crippen LogP contribution in [0.3, 0.4) is 0 Å². The minimum absolute atomic E-state index is 0.0264. The normalized spacial score (nSPS) is 12.5. The highest BCUT2D eigenvalue weighted by atomic mass is 35.5. The molecule has 1 atom stereocenters. The Balaban J connectivity index is 2.88. The number of carbonyl (C=O) groups is 2. The number of hydrogen-bond acceptors (Lipinski definition) is 5. The van der Waals surface area contributed by atoms with E-state index >= 15 is 0 Å². The predicted molar refractivity (Wildman–Crippen MR) is 87.4 cm³/mol. The first-order valence-electron chi connectivity index (χ1n) is 6.83. The molecule has 0 saturated heterocycles. The Kier molecular flexibility index (Phi) is 7.51. The highest BCUT2D eigenvalue weighted by Crippen LogP contribution is 2.51. The number of amides is 3. The van der Waals surface area contributed by atoms with Crippen LogP contribution in [0.15, 0.2) is 24.3 Å². The van der Waals surface area contributed by atoms with Gasteiger partial charge in [0.05, 0.1) is 13.2 Å². The fourth-order valence-electron chi connectivity index (χ4n) is 1.71. The first-order valence-corrected chi connectivity index (χ1v) is 8.82. The molecule has 3 amide bonds. The van der Waals surface area contributed by atoms with E-state index in [4.69, 9.17) is 26.4 Å². The van der Waals surface area contributed by atoms with Gasteiger partial charge in [-0.25, -0.2) is 4.79 Å². The first kappa shape index (κ1) is 19.4. The van der Waals surface area contributed by atoms with Crippen molar-refractivity contribution in [1.29, 1.82) is 0 Å². The second kappa shape index (κ2) is 8.88. The molecule has 8 nitrogen and oxygen atoms in total. The third-order valence-electron chi connectivity index (χ3n) is 2.55. The molecular weight excluding hydrogens is 345 g/mol. The van der Waals surface area contributed by atoms with E-state index in [1.165, 1.54) is 6.07 Å². The van der Waals surface area contributed by atoms with Gasteiger partial charge in [-0.2, -0.15) is 0 Å². The van der Waals surface area contributed by atoms with Crippen molar-refractivity contribution >= 4 is 36.8 Å². The number of carbonyl (C=O) groups excluding carboxylic acids is 2. The minimum Gasteiger partial charge on any atom is -0.367 e. The lowest BCUT2D eigenvalue weighted by Crippen LogP contribution is -2.46. The standard InChI is InChI=1S/C13H19ClN3O5P/c1-3-21-23(20,22-4-2)12(11(15)18)17-13(19)16-10-7-5-6-9(14)8-10/h5-8,12H,3-4H2,1-2H3,(H2,15,18)(H2,16,17,19)/t12-/m1/s1. The summed E-state index contributed by atoms with van der Waals surface area (Å²) in [5, 5.41) is 5.08. The second-order valence-electron chi connectivity index (χ2n) is 4.29. The number of nitrogens with one attached hydrogen (secondary N) is 2. The molecule has 0 aliphatic heterocycles. The smallest absolute Gasteiger partial charge is 0.362 e. The van der Waals surface area contributed by atoms with Gasteiger partial charge in [0, 0.05) is 10.7 Å². The van der Waals surface area contributed by atoms with Gasteiger partial charge in [0.25, 0.3) is 5.91 Å². The van der Waals surface area contributed by atoms with Gasteiger partial charge in [0.2, 0.25) is 5.78 Å². The van der Waals surface area contributed by atoms with E-state index in [0.29, 0.717) is 10.7 Å². The van der Waals surface area contributed by atoms with Gasteiger partial charge in [-0.05, 0) is 32.0 Å². The zero-order valence-corrected chi connectivity index (χ0v) is 14.4. The maximum atomic E-state index is 12.6. The summed E-state index contributed by atoms with van der Waals surface area (Å²) < 4.78 is 22.7. The van der Waals surface area contributed by atoms with Crippen LogP contribution in [-0.2, 0) is 18.4 Å². The largest absolute Gasteiger partial charge is 0.367 e. The zero-order valence-electron chi connectivity index (χ0n) is 12.7. The van der Waals surface area contributed by atoms with Gasteiger partial charge in [-0.3, -0.25) is 9.36 Å². The highest BCUT2D eigenvalue weighted by molar-refractivity contribution is 7.55. The van der Waals surface area contributed by atoms with Crippen molar-refractivity contribution in [2.24, 2.45) is 5.73 Å². The molecule has 0 bridgehead atoms. The molecule has 23 heavy (non-hydrogen) atoms. The summed E-state index contributed by atoms with van der Waals surface area (Å²) in [5.41, 5.74) is 5.60. The number of urea groups is 1. The summed E-state index contributed by atoms with van der Waals surface area (Å²) in [7, 11) is -3.93. The third-order valence-corrected chi connectivity index (χ3v) is 5.04. The van der Waals surface area contributed by atoms with Crippen LogP contribution in [-0.4, -0.2) is 30.9 Å². The Hall–Kier alpha value is -1.60. The van der Waals surface area contributed by atoms with Crippen molar-refractivity contribution in [2.45, 2.75) is 19.6 Å². The van der Waals surface area contributed by atoms with E-state index in [9.17, 15) is 14.2 Å². The van der Waals surface area contributed by atoms with Crippen LogP contribution in [0.2, 0.25) is 5.02 Å². The average Bonchev–Trinajstić information content (AvgIpc) is 2.45. The summed E-state index contributed by atoms with van der Waals surface area (Å²) >= 11 is 5.81. The molecule has 0 aromatic heterocycles. The maximum Gasteiger partial charge on any atom is 0.362 e. The summed E-state index contributed by atoms with van der Waals surface area (Å²) in [6.07, 6.45) is 0. The molecular formula is C13H19ClN3O5P. The number of nitrogens with two attached hydrogens (primary N) is 1. The van der Waals surface area contributed by atoms with Crippen LogP contribution in [0.1, 0.15) is 13.8 Å². The van der Waals surface area contributed by atoms with Crippen molar-refractivity contribution in [3.8, 4) is 0 Å². The van der Waals surface area contributed by atoms with E-state index in [1.54, 1.807) is 32.0 Å². The maximum absolute atomic E-state index is 12.6. The second-order valence-corrected chi connectivity index (χ2v) is 6.84. The summed E-state index contributed by atoms with van der Waals surface area (Å²) in [4.78, 5) is 23.6. The van der Waals surface area contributed by atoms with Crippen LogP contribution in [0.4, 0.5) is 10.5 Å². The molecule has 0 spiro atoms. The van der Waals surface area contributed by atoms with E-state index in [1.807, 2.05) is 0 Å². The van der Waals surface area contributed by atoms with Crippen LogP contribution >= 0.6 is 19.2 Å². The molecule has 1 aromatic rings. The van der Waals surface area contributed by atoms with Crippen LogP contribution < -0.4 is 16.4 Å². The Morgan fingerprint density at radius 3 is 2.39 bits per heavy atom. The van der Waals surface area contributed by atoms with Crippen molar-refractivity contribution in [1.82, 2.24) is 5.32 Å². The number of halogens is 1. The molecule has 128 valence electrons. The Labute approximate surface area is 139 Å². The van der Waals surface area contributed by atoms with Crippen molar-refractivity contribution < 1.29 is 23.2 Å². The lowest BCUT2D eigenvalue weighted by atomic mass is 10.3. The van der Waals surface area contributed by atoms with Gasteiger partial charge >= 0.3 is 13.6 Å². The molecule has 1 rings (SSSR count). The lowest BCUT2D eigenvalue weighted by Gasteiger charge is -2.24. The molecule has 0 unspecified atom stereocenters. The van der Waals surface area contributed by atoms with Crippen LogP contribution in [0, 0.1) is 0 Å².